The summed E-state index contributed by atoms with van der Waals surface area (Å²) in [5.41, 5.74) is 5.38. The molecular formula is C16H24OSi. The second-order valence-electron chi connectivity index (χ2n) is 5.59. The molecule has 2 heteroatoms. The van der Waals surface area contributed by atoms with Crippen molar-refractivity contribution in [3.63, 3.8) is 0 Å². The number of rotatable bonds is 5. The number of hydrogen-bond donors (Lipinski definition) is 0. The third-order valence-corrected chi connectivity index (χ3v) is 6.37. The Morgan fingerprint density at radius 2 is 1.61 bits per heavy atom. The van der Waals surface area contributed by atoms with Crippen LogP contribution in [0.25, 0.3) is 0 Å². The maximum absolute atomic E-state index is 6.12. The lowest BCUT2D eigenvalue weighted by Gasteiger charge is -2.25. The lowest BCUT2D eigenvalue weighted by atomic mass is 9.87. The summed E-state index contributed by atoms with van der Waals surface area (Å²) >= 11 is 0. The van der Waals surface area contributed by atoms with Gasteiger partial charge in [0.15, 0.2) is 0 Å². The zero-order chi connectivity index (χ0) is 13.8. The Balaban J connectivity index is 2.93. The van der Waals surface area contributed by atoms with E-state index >= 15 is 0 Å². The maximum Gasteiger partial charge on any atom is 0.299 e. The summed E-state index contributed by atoms with van der Waals surface area (Å²) in [5, 5.41) is 0. The first kappa shape index (κ1) is 14.8. The Kier molecular flexibility index (Phi) is 4.57. The zero-order valence-electron chi connectivity index (χ0n) is 12.0. The summed E-state index contributed by atoms with van der Waals surface area (Å²) in [4.78, 5) is 0. The van der Waals surface area contributed by atoms with Gasteiger partial charge in [-0.15, -0.1) is 13.2 Å². The van der Waals surface area contributed by atoms with Crippen molar-refractivity contribution in [2.75, 3.05) is 0 Å². The van der Waals surface area contributed by atoms with Gasteiger partial charge in [0, 0.05) is 0 Å². The van der Waals surface area contributed by atoms with Crippen LogP contribution in [0.4, 0.5) is 0 Å². The van der Waals surface area contributed by atoms with E-state index < -0.39 is 8.32 Å². The van der Waals surface area contributed by atoms with Gasteiger partial charge in [-0.2, -0.15) is 0 Å². The first-order chi connectivity index (χ1) is 8.37. The van der Waals surface area contributed by atoms with Crippen LogP contribution in [0.5, 0.6) is 5.75 Å². The first-order valence-electron chi connectivity index (χ1n) is 6.43. The van der Waals surface area contributed by atoms with Crippen LogP contribution >= 0.6 is 0 Å². The summed E-state index contributed by atoms with van der Waals surface area (Å²) < 4.78 is 6.12. The standard InChI is InChI=1S/C16H24OSi/c1-7-18(8-2,9-3)17-15-12-10-14(11-13-15)16(4,5)6/h7-8,10-13H,1-2,9H2,3-6H3. The second kappa shape index (κ2) is 5.57. The predicted molar refractivity (Wildman–Crippen MR) is 82.4 cm³/mol. The summed E-state index contributed by atoms with van der Waals surface area (Å²) in [5.74, 6) is 0.913. The highest BCUT2D eigenvalue weighted by Gasteiger charge is 2.27. The van der Waals surface area contributed by atoms with Crippen molar-refractivity contribution in [1.82, 2.24) is 0 Å². The van der Waals surface area contributed by atoms with Gasteiger partial charge in [-0.25, -0.2) is 0 Å². The smallest absolute Gasteiger partial charge is 0.299 e. The molecule has 98 valence electrons. The highest BCUT2D eigenvalue weighted by Crippen LogP contribution is 2.26. The van der Waals surface area contributed by atoms with Gasteiger partial charge in [0.1, 0.15) is 5.75 Å². The van der Waals surface area contributed by atoms with E-state index in [1.165, 1.54) is 5.56 Å². The normalized spacial score (nSPS) is 12.0. The monoisotopic (exact) mass is 260 g/mol. The van der Waals surface area contributed by atoms with Gasteiger partial charge in [-0.1, -0.05) is 51.2 Å². The van der Waals surface area contributed by atoms with E-state index in [9.17, 15) is 0 Å². The zero-order valence-corrected chi connectivity index (χ0v) is 13.0. The minimum atomic E-state index is -1.99. The Bertz CT molecular complexity index is 404. The topological polar surface area (TPSA) is 9.23 Å². The molecule has 0 unspecified atom stereocenters. The van der Waals surface area contributed by atoms with E-state index in [0.717, 1.165) is 11.8 Å². The summed E-state index contributed by atoms with van der Waals surface area (Å²) in [7, 11) is -1.99. The number of hydrogen-bond acceptors (Lipinski definition) is 1. The minimum Gasteiger partial charge on any atom is -0.536 e. The molecule has 1 aromatic carbocycles. The molecule has 1 nitrogen and oxygen atoms in total. The van der Waals surface area contributed by atoms with Crippen LogP contribution in [0.2, 0.25) is 6.04 Å². The van der Waals surface area contributed by atoms with Gasteiger partial charge >= 0.3 is 0 Å². The molecule has 0 aromatic heterocycles. The Labute approximate surface area is 112 Å². The van der Waals surface area contributed by atoms with Gasteiger partial charge in [0.25, 0.3) is 8.32 Å². The van der Waals surface area contributed by atoms with Crippen LogP contribution in [0, 0.1) is 0 Å². The predicted octanol–water partition coefficient (Wildman–Crippen LogP) is 4.78. The van der Waals surface area contributed by atoms with Crippen LogP contribution in [-0.4, -0.2) is 8.32 Å². The molecule has 0 aliphatic rings. The van der Waals surface area contributed by atoms with Gasteiger partial charge in [-0.3, -0.25) is 0 Å². The highest BCUT2D eigenvalue weighted by atomic mass is 28.4. The average molecular weight is 260 g/mol. The van der Waals surface area contributed by atoms with Crippen molar-refractivity contribution >= 4 is 8.32 Å². The molecule has 0 aliphatic heterocycles. The maximum atomic E-state index is 6.12. The van der Waals surface area contributed by atoms with E-state index in [4.69, 9.17) is 4.43 Å². The Morgan fingerprint density at radius 1 is 1.11 bits per heavy atom. The fraction of sp³-hybridized carbons (Fsp3) is 0.375. The van der Waals surface area contributed by atoms with Crippen molar-refractivity contribution < 1.29 is 4.43 Å². The molecule has 0 atom stereocenters. The Hall–Kier alpha value is -1.28. The molecule has 0 fully saturated rings. The lowest BCUT2D eigenvalue weighted by molar-refractivity contribution is 0.556. The van der Waals surface area contributed by atoms with Crippen LogP contribution < -0.4 is 4.43 Å². The highest BCUT2D eigenvalue weighted by molar-refractivity contribution is 6.83. The van der Waals surface area contributed by atoms with E-state index in [0.29, 0.717) is 0 Å². The van der Waals surface area contributed by atoms with E-state index in [-0.39, 0.29) is 5.41 Å². The molecule has 0 amide bonds. The molecule has 0 heterocycles. The molecule has 0 saturated carbocycles. The molecule has 0 saturated heterocycles. The largest absolute Gasteiger partial charge is 0.536 e. The van der Waals surface area contributed by atoms with Gasteiger partial charge in [-0.05, 0) is 29.2 Å². The first-order valence-corrected chi connectivity index (χ1v) is 8.70. The van der Waals surface area contributed by atoms with Crippen LogP contribution in [0.1, 0.15) is 33.3 Å². The second-order valence-corrected chi connectivity index (χ2v) is 9.23. The average Bonchev–Trinajstić information content (AvgIpc) is 2.36. The van der Waals surface area contributed by atoms with Gasteiger partial charge in [0.2, 0.25) is 0 Å². The van der Waals surface area contributed by atoms with E-state index in [1.807, 2.05) is 23.5 Å². The van der Waals surface area contributed by atoms with Crippen molar-refractivity contribution in [1.29, 1.82) is 0 Å². The summed E-state index contributed by atoms with van der Waals surface area (Å²) in [6.07, 6.45) is 0. The Morgan fingerprint density at radius 3 is 1.94 bits per heavy atom. The number of benzene rings is 1. The van der Waals surface area contributed by atoms with Gasteiger partial charge in [0.05, 0.1) is 0 Å². The molecule has 1 aromatic rings. The van der Waals surface area contributed by atoms with E-state index in [2.05, 4.69) is 53.0 Å². The molecule has 0 radical (unpaired) electrons. The molecule has 0 aliphatic carbocycles. The fourth-order valence-electron chi connectivity index (χ4n) is 1.77. The van der Waals surface area contributed by atoms with Crippen LogP contribution in [-0.2, 0) is 5.41 Å². The fourth-order valence-corrected chi connectivity index (χ4v) is 3.40. The molecular weight excluding hydrogens is 236 g/mol. The van der Waals surface area contributed by atoms with Crippen molar-refractivity contribution in [3.8, 4) is 5.75 Å². The third-order valence-electron chi connectivity index (χ3n) is 3.27. The summed E-state index contributed by atoms with van der Waals surface area (Å²) in [6, 6.07) is 9.32. The molecule has 18 heavy (non-hydrogen) atoms. The third kappa shape index (κ3) is 3.36. The van der Waals surface area contributed by atoms with Crippen molar-refractivity contribution in [2.24, 2.45) is 0 Å². The van der Waals surface area contributed by atoms with Crippen molar-refractivity contribution in [2.45, 2.75) is 39.2 Å². The van der Waals surface area contributed by atoms with Crippen LogP contribution in [0.15, 0.2) is 48.8 Å². The van der Waals surface area contributed by atoms with E-state index in [1.54, 1.807) is 0 Å². The molecule has 0 bridgehead atoms. The quantitative estimate of drug-likeness (QED) is 0.692. The summed E-state index contributed by atoms with van der Waals surface area (Å²) in [6.45, 7) is 16.5. The van der Waals surface area contributed by atoms with Crippen molar-refractivity contribution in [3.05, 3.63) is 54.4 Å². The molecule has 0 N–H and O–H groups in total. The minimum absolute atomic E-state index is 0.175. The van der Waals surface area contributed by atoms with Gasteiger partial charge < -0.3 is 4.43 Å². The molecule has 0 spiro atoms. The lowest BCUT2D eigenvalue weighted by Crippen LogP contribution is -2.36. The van der Waals surface area contributed by atoms with Crippen LogP contribution in [0.3, 0.4) is 0 Å². The molecule has 1 rings (SSSR count). The SMILES string of the molecule is C=C[Si](C=C)(CC)Oc1ccc(C(C)(C)C)cc1.